The van der Waals surface area contributed by atoms with Crippen molar-refractivity contribution in [2.24, 2.45) is 23.7 Å². The Morgan fingerprint density at radius 1 is 0.603 bits per heavy atom. The molecule has 0 bridgehead atoms. The smallest absolute Gasteiger partial charge is 0.410 e. The molecule has 4 aromatic rings. The van der Waals surface area contributed by atoms with Crippen LogP contribution in [0.5, 0.6) is 0 Å². The standard InChI is InChI=1S/C26H32N2O3.C21H26N2O2.C5H7ClO/c1-20-9-5-6-15-24(20)28(25(29)23-13-7-14-23)18-22-12-8-16-27(17-22)26(30)31-19-21-10-3-2-4-11-21;1-17-8-5-6-12-20(17)22-14-19-11-7-13-23(15-19)21(24)25-16-18-9-3-2-4-10-18;6-5(7)4-2-1-3-4/h2-6,9-11,15,22-23H,7-8,12-14,16-19H2,1H3;2-6,8-10,12,19,22H,7,11,13-16H2,1H3;4H,1-3H2. The first-order valence-electron chi connectivity index (χ1n) is 22.9. The number of benzene rings is 4. The van der Waals surface area contributed by atoms with Gasteiger partial charge in [0.25, 0.3) is 0 Å². The third kappa shape index (κ3) is 14.6. The van der Waals surface area contributed by atoms with E-state index in [0.29, 0.717) is 32.2 Å². The molecule has 8 rings (SSSR count). The van der Waals surface area contributed by atoms with Crippen LogP contribution in [0.2, 0.25) is 0 Å². The Balaban J connectivity index is 0.000000184. The number of hydrogen-bond donors (Lipinski definition) is 1. The molecule has 4 aromatic carbocycles. The summed E-state index contributed by atoms with van der Waals surface area (Å²) in [6.45, 7) is 9.22. The first-order valence-corrected chi connectivity index (χ1v) is 23.3. The number of piperidine rings is 2. The van der Waals surface area contributed by atoms with Crippen LogP contribution in [-0.4, -0.2) is 72.4 Å². The normalized spacial score (nSPS) is 18.5. The Morgan fingerprint density at radius 3 is 1.59 bits per heavy atom. The summed E-state index contributed by atoms with van der Waals surface area (Å²) in [5, 5.41) is 3.37. The minimum atomic E-state index is -0.263. The molecule has 2 atom stereocenters. The van der Waals surface area contributed by atoms with Crippen molar-refractivity contribution in [2.75, 3.05) is 49.5 Å². The fraction of sp³-hybridized carbons (Fsp3) is 0.462. The number of anilines is 2. The lowest BCUT2D eigenvalue weighted by Gasteiger charge is -2.38. The molecule has 2 aliphatic heterocycles. The van der Waals surface area contributed by atoms with E-state index in [9.17, 15) is 19.2 Å². The van der Waals surface area contributed by atoms with E-state index in [0.717, 1.165) is 99.8 Å². The van der Waals surface area contributed by atoms with Crippen molar-refractivity contribution in [2.45, 2.75) is 91.3 Å². The van der Waals surface area contributed by atoms with E-state index in [1.807, 2.05) is 101 Å². The van der Waals surface area contributed by atoms with E-state index in [4.69, 9.17) is 21.1 Å². The number of hydrogen-bond acceptors (Lipinski definition) is 7. The molecule has 63 heavy (non-hydrogen) atoms. The summed E-state index contributed by atoms with van der Waals surface area (Å²) in [5.41, 5.74) is 6.55. The Labute approximate surface area is 379 Å². The van der Waals surface area contributed by atoms with Crippen LogP contribution in [-0.2, 0) is 32.3 Å². The molecule has 0 aromatic heterocycles. The van der Waals surface area contributed by atoms with Crippen molar-refractivity contribution in [1.29, 1.82) is 0 Å². The lowest BCUT2D eigenvalue weighted by molar-refractivity contribution is -0.125. The van der Waals surface area contributed by atoms with Crippen molar-refractivity contribution in [3.05, 3.63) is 131 Å². The van der Waals surface area contributed by atoms with E-state index in [1.165, 1.54) is 17.7 Å². The second-order valence-corrected chi connectivity index (χ2v) is 17.9. The van der Waals surface area contributed by atoms with Gasteiger partial charge >= 0.3 is 12.2 Å². The van der Waals surface area contributed by atoms with Gasteiger partial charge in [-0.1, -0.05) is 110 Å². The zero-order valence-corrected chi connectivity index (χ0v) is 37.9. The number of nitrogens with zero attached hydrogens (tertiary/aromatic N) is 3. The minimum absolute atomic E-state index is 0.147. The molecule has 2 saturated carbocycles. The molecular formula is C52H65ClN4O6. The number of nitrogens with one attached hydrogen (secondary N) is 1. The van der Waals surface area contributed by atoms with Gasteiger partial charge in [-0.25, -0.2) is 9.59 Å². The van der Waals surface area contributed by atoms with Gasteiger partial charge in [-0.3, -0.25) is 9.59 Å². The van der Waals surface area contributed by atoms with Crippen LogP contribution in [0.3, 0.4) is 0 Å². The number of amides is 3. The van der Waals surface area contributed by atoms with Crippen LogP contribution in [0, 0.1) is 37.5 Å². The number of carbonyl (C=O) groups excluding carboxylic acids is 4. The topological polar surface area (TPSA) is 108 Å². The second kappa shape index (κ2) is 24.5. The SMILES string of the molecule is Cc1ccccc1N(CC1CCCN(C(=O)OCc2ccccc2)C1)C(=O)C1CCC1.Cc1ccccc1NCC1CCCN(C(=O)OCc2ccccc2)C1.O=C(Cl)C1CCC1. The number of ether oxygens (including phenoxy) is 2. The van der Waals surface area contributed by atoms with Crippen molar-refractivity contribution in [3.63, 3.8) is 0 Å². The number of rotatable bonds is 12. The largest absolute Gasteiger partial charge is 0.445 e. The van der Waals surface area contributed by atoms with E-state index in [1.54, 1.807) is 4.90 Å². The average molecular weight is 878 g/mol. The summed E-state index contributed by atoms with van der Waals surface area (Å²) < 4.78 is 11.0. The summed E-state index contributed by atoms with van der Waals surface area (Å²) in [5.74, 6) is 1.31. The quantitative estimate of drug-likeness (QED) is 0.141. The Morgan fingerprint density at radius 2 is 1.10 bits per heavy atom. The molecule has 2 aliphatic carbocycles. The highest BCUT2D eigenvalue weighted by Gasteiger charge is 2.34. The van der Waals surface area contributed by atoms with Gasteiger partial charge in [0.1, 0.15) is 13.2 Å². The van der Waals surface area contributed by atoms with Crippen molar-refractivity contribution >= 4 is 46.3 Å². The van der Waals surface area contributed by atoms with Gasteiger partial charge in [-0.2, -0.15) is 0 Å². The van der Waals surface area contributed by atoms with Gasteiger partial charge in [0, 0.05) is 62.5 Å². The first-order chi connectivity index (χ1) is 30.6. The highest BCUT2D eigenvalue weighted by atomic mass is 35.5. The van der Waals surface area contributed by atoms with Crippen LogP contribution < -0.4 is 10.2 Å². The van der Waals surface area contributed by atoms with Crippen LogP contribution in [0.25, 0.3) is 0 Å². The van der Waals surface area contributed by atoms with Crippen LogP contribution in [0.1, 0.15) is 86.5 Å². The first kappa shape index (κ1) is 47.1. The number of aryl methyl sites for hydroxylation is 2. The molecule has 1 N–H and O–H groups in total. The van der Waals surface area contributed by atoms with Crippen molar-refractivity contribution < 1.29 is 28.7 Å². The van der Waals surface area contributed by atoms with E-state index in [-0.39, 0.29) is 47.7 Å². The molecule has 4 aliphatic rings. The molecule has 0 spiro atoms. The van der Waals surface area contributed by atoms with Crippen molar-refractivity contribution in [3.8, 4) is 0 Å². The Hall–Kier alpha value is -5.35. The monoisotopic (exact) mass is 876 g/mol. The third-order valence-corrected chi connectivity index (χ3v) is 13.0. The van der Waals surface area contributed by atoms with Crippen LogP contribution >= 0.6 is 11.6 Å². The van der Waals surface area contributed by atoms with E-state index >= 15 is 0 Å². The third-order valence-electron chi connectivity index (χ3n) is 12.7. The lowest BCUT2D eigenvalue weighted by atomic mass is 9.83. The zero-order chi connectivity index (χ0) is 44.4. The fourth-order valence-corrected chi connectivity index (χ4v) is 8.58. The summed E-state index contributed by atoms with van der Waals surface area (Å²) in [4.78, 5) is 54.1. The summed E-state index contributed by atoms with van der Waals surface area (Å²) in [7, 11) is 0. The van der Waals surface area contributed by atoms with Crippen LogP contribution in [0.4, 0.5) is 21.0 Å². The highest BCUT2D eigenvalue weighted by Crippen LogP contribution is 2.33. The molecule has 2 heterocycles. The summed E-state index contributed by atoms with van der Waals surface area (Å²) >= 11 is 5.14. The van der Waals surface area contributed by atoms with E-state index in [2.05, 4.69) is 37.4 Å². The van der Waals surface area contributed by atoms with Gasteiger partial charge in [-0.15, -0.1) is 0 Å². The van der Waals surface area contributed by atoms with Crippen molar-refractivity contribution in [1.82, 2.24) is 9.80 Å². The zero-order valence-electron chi connectivity index (χ0n) is 37.1. The molecule has 11 heteroatoms. The van der Waals surface area contributed by atoms with E-state index < -0.39 is 0 Å². The minimum Gasteiger partial charge on any atom is -0.445 e. The lowest BCUT2D eigenvalue weighted by Crippen LogP contribution is -2.47. The van der Waals surface area contributed by atoms with Crippen LogP contribution in [0.15, 0.2) is 109 Å². The summed E-state index contributed by atoms with van der Waals surface area (Å²) in [6.07, 6.45) is 9.99. The maximum atomic E-state index is 13.2. The molecule has 4 fully saturated rings. The second-order valence-electron chi connectivity index (χ2n) is 17.5. The Kier molecular flexibility index (Phi) is 18.3. The van der Waals surface area contributed by atoms with Gasteiger partial charge in [0.15, 0.2) is 0 Å². The number of carbonyl (C=O) groups is 4. The predicted molar refractivity (Wildman–Crippen MR) is 251 cm³/mol. The number of para-hydroxylation sites is 2. The average Bonchev–Trinajstić information content (AvgIpc) is 3.26. The molecule has 2 unspecified atom stereocenters. The number of halogens is 1. The van der Waals surface area contributed by atoms with Gasteiger partial charge in [0.2, 0.25) is 11.1 Å². The van der Waals surface area contributed by atoms with Gasteiger partial charge in [0.05, 0.1) is 0 Å². The summed E-state index contributed by atoms with van der Waals surface area (Å²) in [6, 6.07) is 36.0. The Bertz CT molecular complexity index is 2060. The molecule has 3 amide bonds. The fourth-order valence-electron chi connectivity index (χ4n) is 8.37. The number of likely N-dealkylation sites (tertiary alicyclic amines) is 2. The molecule has 10 nitrogen and oxygen atoms in total. The maximum Gasteiger partial charge on any atom is 0.410 e. The molecule has 0 radical (unpaired) electrons. The van der Waals surface area contributed by atoms with Gasteiger partial charge < -0.3 is 29.5 Å². The predicted octanol–water partition coefficient (Wildman–Crippen LogP) is 11.2. The molecule has 336 valence electrons. The highest BCUT2D eigenvalue weighted by molar-refractivity contribution is 6.64. The van der Waals surface area contributed by atoms with Gasteiger partial charge in [-0.05, 0) is 123 Å². The maximum absolute atomic E-state index is 13.2. The molecule has 2 saturated heterocycles. The molecular weight excluding hydrogens is 812 g/mol.